The van der Waals surface area contributed by atoms with Gasteiger partial charge < -0.3 is 15.8 Å². The van der Waals surface area contributed by atoms with Crippen LogP contribution in [-0.2, 0) is 0 Å². The van der Waals surface area contributed by atoms with Gasteiger partial charge in [0.05, 0.1) is 12.8 Å². The zero-order valence-electron chi connectivity index (χ0n) is 11.1. The number of ether oxygens (including phenoxy) is 1. The molecule has 1 heterocycles. The lowest BCUT2D eigenvalue weighted by Gasteiger charge is -2.12. The average Bonchev–Trinajstić information content (AvgIpc) is 2.43. The van der Waals surface area contributed by atoms with Gasteiger partial charge in [-0.15, -0.1) is 0 Å². The molecule has 0 unspecified atom stereocenters. The van der Waals surface area contributed by atoms with Gasteiger partial charge in [0, 0.05) is 22.8 Å². The maximum Gasteiger partial charge on any atom is 0.143 e. The number of methoxy groups -OCH3 is 1. The van der Waals surface area contributed by atoms with E-state index in [1.807, 2.05) is 19.1 Å². The number of hydrogen-bond donors (Lipinski definition) is 2. The van der Waals surface area contributed by atoms with E-state index in [-0.39, 0.29) is 0 Å². The Labute approximate surface area is 127 Å². The maximum absolute atomic E-state index is 6.07. The van der Waals surface area contributed by atoms with Crippen molar-refractivity contribution in [1.82, 2.24) is 4.98 Å². The molecule has 3 N–H and O–H groups in total. The summed E-state index contributed by atoms with van der Waals surface area (Å²) in [6, 6.07) is 7.29. The summed E-state index contributed by atoms with van der Waals surface area (Å²) >= 11 is 11.0. The average molecular weight is 308 g/mol. The molecule has 4 nitrogen and oxygen atoms in total. The zero-order chi connectivity index (χ0) is 14.7. The molecule has 0 amide bonds. The topological polar surface area (TPSA) is 60.2 Å². The highest BCUT2D eigenvalue weighted by Gasteiger charge is 2.08. The Hall–Kier alpha value is -1.85. The molecule has 0 saturated carbocycles. The van der Waals surface area contributed by atoms with E-state index in [1.54, 1.807) is 25.4 Å². The fourth-order valence-electron chi connectivity index (χ4n) is 1.68. The third-order valence-electron chi connectivity index (χ3n) is 2.79. The second-order valence-electron chi connectivity index (χ2n) is 4.22. The third-order valence-corrected chi connectivity index (χ3v) is 3.43. The summed E-state index contributed by atoms with van der Waals surface area (Å²) in [6.45, 7) is 1.93. The predicted octanol–water partition coefficient (Wildman–Crippen LogP) is 3.43. The van der Waals surface area contributed by atoms with Crippen molar-refractivity contribution >= 4 is 40.3 Å². The molecule has 0 spiro atoms. The molecular formula is C14H14ClN3OS. The molecule has 6 heteroatoms. The van der Waals surface area contributed by atoms with Gasteiger partial charge >= 0.3 is 0 Å². The first kappa shape index (κ1) is 14.6. The Kier molecular flexibility index (Phi) is 4.42. The van der Waals surface area contributed by atoms with E-state index in [4.69, 9.17) is 34.3 Å². The van der Waals surface area contributed by atoms with E-state index >= 15 is 0 Å². The van der Waals surface area contributed by atoms with E-state index < -0.39 is 0 Å². The summed E-state index contributed by atoms with van der Waals surface area (Å²) < 4.78 is 5.30. The second-order valence-corrected chi connectivity index (χ2v) is 5.07. The molecule has 1 aromatic carbocycles. The van der Waals surface area contributed by atoms with Gasteiger partial charge in [0.15, 0.2) is 0 Å². The fourth-order valence-corrected chi connectivity index (χ4v) is 1.96. The number of aryl methyl sites for hydroxylation is 1. The Morgan fingerprint density at radius 2 is 2.15 bits per heavy atom. The number of halogens is 1. The lowest BCUT2D eigenvalue weighted by atomic mass is 10.2. The number of nitrogens with one attached hydrogen (secondary N) is 1. The number of hydrogen-bond acceptors (Lipinski definition) is 4. The quantitative estimate of drug-likeness (QED) is 0.847. The molecule has 0 saturated heterocycles. The number of pyridine rings is 1. The van der Waals surface area contributed by atoms with Crippen molar-refractivity contribution in [3.63, 3.8) is 0 Å². The summed E-state index contributed by atoms with van der Waals surface area (Å²) in [4.78, 5) is 4.58. The number of benzene rings is 1. The Morgan fingerprint density at radius 3 is 2.70 bits per heavy atom. The molecule has 0 atom stereocenters. The van der Waals surface area contributed by atoms with Crippen LogP contribution in [0.5, 0.6) is 5.75 Å². The normalized spacial score (nSPS) is 10.2. The maximum atomic E-state index is 6.07. The standard InChI is InChI=1S/C14H14ClN3OS/c1-8-5-11(12(19-2)6-10(8)15)18-13-4-3-9(7-17-13)14(16)20/h3-7H,1-2H3,(H2,16,20)(H,17,18). The molecule has 20 heavy (non-hydrogen) atoms. The van der Waals surface area contributed by atoms with Crippen molar-refractivity contribution in [3.05, 3.63) is 46.6 Å². The van der Waals surface area contributed by atoms with E-state index in [0.717, 1.165) is 16.8 Å². The van der Waals surface area contributed by atoms with Crippen LogP contribution in [0, 0.1) is 6.92 Å². The van der Waals surface area contributed by atoms with Crippen molar-refractivity contribution in [2.75, 3.05) is 12.4 Å². The Morgan fingerprint density at radius 1 is 1.40 bits per heavy atom. The van der Waals surface area contributed by atoms with Gasteiger partial charge in [-0.3, -0.25) is 0 Å². The van der Waals surface area contributed by atoms with Gasteiger partial charge in [-0.25, -0.2) is 4.98 Å². The largest absolute Gasteiger partial charge is 0.495 e. The molecule has 1 aromatic heterocycles. The highest BCUT2D eigenvalue weighted by atomic mass is 35.5. The first-order valence-corrected chi connectivity index (χ1v) is 6.67. The predicted molar refractivity (Wildman–Crippen MR) is 86.1 cm³/mol. The smallest absolute Gasteiger partial charge is 0.143 e. The number of thiocarbonyl (C=S) groups is 1. The van der Waals surface area contributed by atoms with Crippen molar-refractivity contribution < 1.29 is 4.74 Å². The summed E-state index contributed by atoms with van der Waals surface area (Å²) in [5, 5.41) is 3.84. The molecule has 0 radical (unpaired) electrons. The Balaban J connectivity index is 2.29. The van der Waals surface area contributed by atoms with Crippen LogP contribution in [0.4, 0.5) is 11.5 Å². The monoisotopic (exact) mass is 307 g/mol. The van der Waals surface area contributed by atoms with Crippen molar-refractivity contribution in [3.8, 4) is 5.75 Å². The van der Waals surface area contributed by atoms with Crippen LogP contribution in [0.25, 0.3) is 0 Å². The highest BCUT2D eigenvalue weighted by molar-refractivity contribution is 7.80. The minimum absolute atomic E-state index is 0.323. The number of anilines is 2. The van der Waals surface area contributed by atoms with Crippen molar-refractivity contribution in [2.45, 2.75) is 6.92 Å². The minimum Gasteiger partial charge on any atom is -0.495 e. The number of nitrogens with zero attached hydrogens (tertiary/aromatic N) is 1. The Bertz CT molecular complexity index is 644. The van der Waals surface area contributed by atoms with Crippen LogP contribution in [0.3, 0.4) is 0 Å². The van der Waals surface area contributed by atoms with Gasteiger partial charge in [0.2, 0.25) is 0 Å². The first-order valence-electron chi connectivity index (χ1n) is 5.88. The summed E-state index contributed by atoms with van der Waals surface area (Å²) in [7, 11) is 1.59. The fraction of sp³-hybridized carbons (Fsp3) is 0.143. The molecule has 0 fully saturated rings. The van der Waals surface area contributed by atoms with Gasteiger partial charge in [0.25, 0.3) is 0 Å². The van der Waals surface area contributed by atoms with Crippen LogP contribution in [0.1, 0.15) is 11.1 Å². The number of aromatic nitrogens is 1. The lowest BCUT2D eigenvalue weighted by Crippen LogP contribution is -2.09. The van der Waals surface area contributed by atoms with E-state index in [0.29, 0.717) is 21.6 Å². The lowest BCUT2D eigenvalue weighted by molar-refractivity contribution is 0.416. The SMILES string of the molecule is COc1cc(Cl)c(C)cc1Nc1ccc(C(N)=S)cn1. The van der Waals surface area contributed by atoms with Crippen LogP contribution in [0.2, 0.25) is 5.02 Å². The molecule has 2 rings (SSSR count). The van der Waals surface area contributed by atoms with Gasteiger partial charge in [-0.1, -0.05) is 23.8 Å². The first-order chi connectivity index (χ1) is 9.51. The summed E-state index contributed by atoms with van der Waals surface area (Å²) in [6.07, 6.45) is 1.62. The van der Waals surface area contributed by atoms with Gasteiger partial charge in [-0.05, 0) is 30.7 Å². The zero-order valence-corrected chi connectivity index (χ0v) is 12.7. The molecular weight excluding hydrogens is 294 g/mol. The van der Waals surface area contributed by atoms with Crippen LogP contribution in [-0.4, -0.2) is 17.1 Å². The summed E-state index contributed by atoms with van der Waals surface area (Å²) in [5.74, 6) is 1.32. The molecule has 0 aliphatic rings. The molecule has 104 valence electrons. The minimum atomic E-state index is 0.323. The van der Waals surface area contributed by atoms with Crippen LogP contribution in [0.15, 0.2) is 30.5 Å². The molecule has 0 aliphatic heterocycles. The van der Waals surface area contributed by atoms with Crippen LogP contribution < -0.4 is 15.8 Å². The van der Waals surface area contributed by atoms with Gasteiger partial charge in [0.1, 0.15) is 16.6 Å². The third kappa shape index (κ3) is 3.18. The van der Waals surface area contributed by atoms with E-state index in [9.17, 15) is 0 Å². The van der Waals surface area contributed by atoms with E-state index in [2.05, 4.69) is 10.3 Å². The number of rotatable bonds is 4. The summed E-state index contributed by atoms with van der Waals surface area (Å²) in [5.41, 5.74) is 8.01. The highest BCUT2D eigenvalue weighted by Crippen LogP contribution is 2.32. The molecule has 0 aliphatic carbocycles. The van der Waals surface area contributed by atoms with Gasteiger partial charge in [-0.2, -0.15) is 0 Å². The molecule has 0 bridgehead atoms. The van der Waals surface area contributed by atoms with Crippen LogP contribution >= 0.6 is 23.8 Å². The van der Waals surface area contributed by atoms with Crippen molar-refractivity contribution in [1.29, 1.82) is 0 Å². The number of nitrogens with two attached hydrogens (primary N) is 1. The van der Waals surface area contributed by atoms with Crippen molar-refractivity contribution in [2.24, 2.45) is 5.73 Å². The second kappa shape index (κ2) is 6.07. The van der Waals surface area contributed by atoms with E-state index in [1.165, 1.54) is 0 Å². The molecule has 2 aromatic rings.